The second-order valence-corrected chi connectivity index (χ2v) is 6.13. The fourth-order valence-corrected chi connectivity index (χ4v) is 3.01. The van der Waals surface area contributed by atoms with E-state index in [-0.39, 0.29) is 0 Å². The Bertz CT molecular complexity index is 799. The summed E-state index contributed by atoms with van der Waals surface area (Å²) in [6, 6.07) is 9.77. The quantitative estimate of drug-likeness (QED) is 0.460. The molecule has 0 aliphatic carbocycles. The molecule has 7 heteroatoms. The summed E-state index contributed by atoms with van der Waals surface area (Å²) in [6.45, 7) is 6.82. The standard InChI is InChI=1S/C17H18N4O2S/c1-3-8-21-16(11-22-15-6-4-5-13(2)10-15)18-19-17(21)24-12-14-7-9-23-20-14/h3-7,9-10H,1,8,11-12H2,2H3. The smallest absolute Gasteiger partial charge is 0.191 e. The third-order valence-corrected chi connectivity index (χ3v) is 4.30. The first-order chi connectivity index (χ1) is 11.8. The normalized spacial score (nSPS) is 10.7. The fraction of sp³-hybridized carbons (Fsp3) is 0.235. The first-order valence-corrected chi connectivity index (χ1v) is 8.49. The van der Waals surface area contributed by atoms with Gasteiger partial charge in [-0.3, -0.25) is 4.57 Å². The molecule has 0 N–H and O–H groups in total. The number of rotatable bonds is 8. The van der Waals surface area contributed by atoms with Crippen molar-refractivity contribution in [2.45, 2.75) is 31.0 Å². The molecule has 0 saturated heterocycles. The summed E-state index contributed by atoms with van der Waals surface area (Å²) in [7, 11) is 0. The number of ether oxygens (including phenoxy) is 1. The van der Waals surface area contributed by atoms with E-state index in [1.807, 2.05) is 47.9 Å². The van der Waals surface area contributed by atoms with Crippen molar-refractivity contribution >= 4 is 11.8 Å². The number of hydrogen-bond donors (Lipinski definition) is 0. The van der Waals surface area contributed by atoms with Gasteiger partial charge in [0.15, 0.2) is 11.0 Å². The van der Waals surface area contributed by atoms with Crippen LogP contribution >= 0.6 is 11.8 Å². The molecule has 0 amide bonds. The van der Waals surface area contributed by atoms with E-state index in [4.69, 9.17) is 9.26 Å². The van der Waals surface area contributed by atoms with Crippen LogP contribution in [-0.2, 0) is 18.9 Å². The van der Waals surface area contributed by atoms with E-state index < -0.39 is 0 Å². The third kappa shape index (κ3) is 4.05. The maximum Gasteiger partial charge on any atom is 0.191 e. The highest BCUT2D eigenvalue weighted by molar-refractivity contribution is 7.98. The molecule has 0 radical (unpaired) electrons. The van der Waals surface area contributed by atoms with E-state index in [1.165, 1.54) is 0 Å². The SMILES string of the molecule is C=CCn1c(COc2cccc(C)c2)nnc1SCc1ccon1. The zero-order valence-electron chi connectivity index (χ0n) is 13.4. The van der Waals surface area contributed by atoms with E-state index in [1.54, 1.807) is 18.0 Å². The number of aromatic nitrogens is 4. The lowest BCUT2D eigenvalue weighted by Gasteiger charge is -2.09. The van der Waals surface area contributed by atoms with Crippen LogP contribution in [-0.4, -0.2) is 19.9 Å². The molecule has 0 aliphatic heterocycles. The van der Waals surface area contributed by atoms with Gasteiger partial charge in [-0.15, -0.1) is 16.8 Å². The minimum atomic E-state index is 0.356. The Kier molecular flexibility index (Phi) is 5.32. The summed E-state index contributed by atoms with van der Waals surface area (Å²) >= 11 is 1.55. The average Bonchev–Trinajstić information content (AvgIpc) is 3.22. The van der Waals surface area contributed by atoms with E-state index in [0.717, 1.165) is 28.0 Å². The van der Waals surface area contributed by atoms with Crippen LogP contribution in [0.1, 0.15) is 17.1 Å². The largest absolute Gasteiger partial charge is 0.486 e. The molecule has 0 unspecified atom stereocenters. The minimum absolute atomic E-state index is 0.356. The lowest BCUT2D eigenvalue weighted by atomic mass is 10.2. The lowest BCUT2D eigenvalue weighted by molar-refractivity contribution is 0.289. The van der Waals surface area contributed by atoms with Gasteiger partial charge in [-0.1, -0.05) is 35.1 Å². The molecule has 2 aromatic heterocycles. The molecular formula is C17H18N4O2S. The van der Waals surface area contributed by atoms with Crippen molar-refractivity contribution in [3.63, 3.8) is 0 Å². The van der Waals surface area contributed by atoms with Crippen LogP contribution in [0, 0.1) is 6.92 Å². The zero-order chi connectivity index (χ0) is 16.8. The monoisotopic (exact) mass is 342 g/mol. The Morgan fingerprint density at radius 2 is 2.25 bits per heavy atom. The number of thioether (sulfide) groups is 1. The molecule has 0 fully saturated rings. The zero-order valence-corrected chi connectivity index (χ0v) is 14.2. The number of hydrogen-bond acceptors (Lipinski definition) is 6. The van der Waals surface area contributed by atoms with Gasteiger partial charge in [0.05, 0.1) is 5.69 Å². The highest BCUT2D eigenvalue weighted by Crippen LogP contribution is 2.22. The Labute approximate surface area is 144 Å². The first kappa shape index (κ1) is 16.3. The summed E-state index contributed by atoms with van der Waals surface area (Å²) < 4.78 is 12.7. The van der Waals surface area contributed by atoms with Gasteiger partial charge in [-0.2, -0.15) is 0 Å². The van der Waals surface area contributed by atoms with Gasteiger partial charge in [0.25, 0.3) is 0 Å². The predicted octanol–water partition coefficient (Wildman–Crippen LogP) is 3.63. The number of allylic oxidation sites excluding steroid dienone is 1. The van der Waals surface area contributed by atoms with E-state index >= 15 is 0 Å². The van der Waals surface area contributed by atoms with Crippen molar-refractivity contribution in [2.75, 3.05) is 0 Å². The lowest BCUT2D eigenvalue weighted by Crippen LogP contribution is -2.07. The predicted molar refractivity (Wildman–Crippen MR) is 91.8 cm³/mol. The molecule has 2 heterocycles. The van der Waals surface area contributed by atoms with Crippen molar-refractivity contribution in [3.05, 3.63) is 66.3 Å². The molecule has 0 saturated carbocycles. The molecule has 24 heavy (non-hydrogen) atoms. The van der Waals surface area contributed by atoms with Crippen LogP contribution in [0.15, 0.2) is 58.9 Å². The van der Waals surface area contributed by atoms with Crippen LogP contribution < -0.4 is 4.74 Å². The Hall–Kier alpha value is -2.54. The fourth-order valence-electron chi connectivity index (χ4n) is 2.15. The third-order valence-electron chi connectivity index (χ3n) is 3.30. The van der Waals surface area contributed by atoms with Crippen molar-refractivity contribution < 1.29 is 9.26 Å². The minimum Gasteiger partial charge on any atom is -0.486 e. The Morgan fingerprint density at radius 1 is 1.33 bits per heavy atom. The van der Waals surface area contributed by atoms with Gasteiger partial charge in [0.1, 0.15) is 18.6 Å². The van der Waals surface area contributed by atoms with Gasteiger partial charge in [-0.25, -0.2) is 0 Å². The van der Waals surface area contributed by atoms with Crippen molar-refractivity contribution in [2.24, 2.45) is 0 Å². The molecular weight excluding hydrogens is 324 g/mol. The first-order valence-electron chi connectivity index (χ1n) is 7.51. The molecule has 0 spiro atoms. The van der Waals surface area contributed by atoms with Crippen molar-refractivity contribution in [1.82, 2.24) is 19.9 Å². The number of aryl methyl sites for hydroxylation is 1. The van der Waals surface area contributed by atoms with Crippen LogP contribution in [0.3, 0.4) is 0 Å². The summed E-state index contributed by atoms with van der Waals surface area (Å²) in [4.78, 5) is 0. The topological polar surface area (TPSA) is 66.0 Å². The van der Waals surface area contributed by atoms with Crippen molar-refractivity contribution in [1.29, 1.82) is 0 Å². The molecule has 6 nitrogen and oxygen atoms in total. The van der Waals surface area contributed by atoms with Gasteiger partial charge in [0, 0.05) is 18.4 Å². The van der Waals surface area contributed by atoms with Crippen molar-refractivity contribution in [3.8, 4) is 5.75 Å². The van der Waals surface area contributed by atoms with Gasteiger partial charge < -0.3 is 9.26 Å². The molecule has 0 atom stereocenters. The molecule has 3 rings (SSSR count). The van der Waals surface area contributed by atoms with E-state index in [0.29, 0.717) is 18.9 Å². The van der Waals surface area contributed by atoms with E-state index in [9.17, 15) is 0 Å². The van der Waals surface area contributed by atoms with Crippen LogP contribution in [0.2, 0.25) is 0 Å². The highest BCUT2D eigenvalue weighted by Gasteiger charge is 2.13. The van der Waals surface area contributed by atoms with Gasteiger partial charge in [0.2, 0.25) is 0 Å². The summed E-state index contributed by atoms with van der Waals surface area (Å²) in [5, 5.41) is 13.2. The Morgan fingerprint density at radius 3 is 3.00 bits per heavy atom. The summed E-state index contributed by atoms with van der Waals surface area (Å²) in [6.07, 6.45) is 3.38. The Balaban J connectivity index is 1.69. The summed E-state index contributed by atoms with van der Waals surface area (Å²) in [5.41, 5.74) is 2.02. The molecule has 124 valence electrons. The molecule has 0 aliphatic rings. The summed E-state index contributed by atoms with van der Waals surface area (Å²) in [5.74, 6) is 2.25. The maximum atomic E-state index is 5.83. The number of nitrogens with zero attached hydrogens (tertiary/aromatic N) is 4. The molecule has 3 aromatic rings. The van der Waals surface area contributed by atoms with Crippen LogP contribution in [0.5, 0.6) is 5.75 Å². The van der Waals surface area contributed by atoms with Crippen LogP contribution in [0.25, 0.3) is 0 Å². The average molecular weight is 342 g/mol. The van der Waals surface area contributed by atoms with E-state index in [2.05, 4.69) is 21.9 Å². The maximum absolute atomic E-state index is 5.83. The second-order valence-electron chi connectivity index (χ2n) is 5.18. The van der Waals surface area contributed by atoms with Gasteiger partial charge in [-0.05, 0) is 24.6 Å². The van der Waals surface area contributed by atoms with Gasteiger partial charge >= 0.3 is 0 Å². The van der Waals surface area contributed by atoms with Crippen LogP contribution in [0.4, 0.5) is 0 Å². The molecule has 1 aromatic carbocycles. The second kappa shape index (κ2) is 7.83. The molecule has 0 bridgehead atoms. The number of benzene rings is 1. The highest BCUT2D eigenvalue weighted by atomic mass is 32.2.